The molecule has 0 atom stereocenters. The van der Waals surface area contributed by atoms with Crippen molar-refractivity contribution in [2.24, 2.45) is 0 Å². The molecule has 0 fully saturated rings. The molecule has 0 bridgehead atoms. The Balaban J connectivity index is 1.87. The van der Waals surface area contributed by atoms with Gasteiger partial charge in [-0.15, -0.1) is 0 Å². The van der Waals surface area contributed by atoms with Gasteiger partial charge in [-0.25, -0.2) is 9.59 Å². The van der Waals surface area contributed by atoms with Gasteiger partial charge in [-0.3, -0.25) is 0 Å². The molecular weight excluding hydrogens is 288 g/mol. The first-order chi connectivity index (χ1) is 10.1. The summed E-state index contributed by atoms with van der Waals surface area (Å²) in [5, 5.41) is 18.5. The zero-order valence-electron chi connectivity index (χ0n) is 11.6. The average molecular weight is 304 g/mol. The summed E-state index contributed by atoms with van der Waals surface area (Å²) in [7, 11) is 0. The lowest BCUT2D eigenvalue weighted by Gasteiger charge is -2.09. The molecule has 0 saturated carbocycles. The maximum Gasteiger partial charge on any atom is 0.336 e. The summed E-state index contributed by atoms with van der Waals surface area (Å²) in [6, 6.07) is 6.48. The number of urea groups is 1. The Labute approximate surface area is 126 Å². The maximum atomic E-state index is 11.7. The number of hydrogen-bond donors (Lipinski definition) is 3. The average Bonchev–Trinajstić information content (AvgIpc) is 2.94. The van der Waals surface area contributed by atoms with E-state index < -0.39 is 5.97 Å². The molecule has 1 aromatic carbocycles. The first-order valence-electron chi connectivity index (χ1n) is 6.46. The summed E-state index contributed by atoms with van der Waals surface area (Å²) in [5.41, 5.74) is 2.49. The number of anilines is 1. The fraction of sp³-hybridized carbons (Fsp3) is 0.200. The van der Waals surface area contributed by atoms with Gasteiger partial charge in [0.1, 0.15) is 0 Å². The van der Waals surface area contributed by atoms with Crippen LogP contribution in [0.3, 0.4) is 0 Å². The molecule has 1 heterocycles. The van der Waals surface area contributed by atoms with Crippen molar-refractivity contribution in [3.63, 3.8) is 0 Å². The van der Waals surface area contributed by atoms with Gasteiger partial charge in [0, 0.05) is 12.2 Å². The minimum Gasteiger partial charge on any atom is -0.478 e. The molecule has 3 N–H and O–H groups in total. The van der Waals surface area contributed by atoms with Crippen LogP contribution in [0.1, 0.15) is 21.5 Å². The van der Waals surface area contributed by atoms with Gasteiger partial charge in [-0.1, -0.05) is 6.07 Å². The number of hydrogen-bond acceptors (Lipinski definition) is 3. The minimum absolute atomic E-state index is 0.186. The second kappa shape index (κ2) is 6.90. The van der Waals surface area contributed by atoms with Crippen molar-refractivity contribution >= 4 is 29.0 Å². The lowest BCUT2D eigenvalue weighted by atomic mass is 10.1. The second-order valence-corrected chi connectivity index (χ2v) is 5.38. The van der Waals surface area contributed by atoms with Crippen molar-refractivity contribution in [3.8, 4) is 0 Å². The summed E-state index contributed by atoms with van der Waals surface area (Å²) in [5.74, 6) is -1.01. The molecule has 110 valence electrons. The maximum absolute atomic E-state index is 11.7. The summed E-state index contributed by atoms with van der Waals surface area (Å²) < 4.78 is 0. The highest BCUT2D eigenvalue weighted by Gasteiger charge is 2.09. The van der Waals surface area contributed by atoms with Crippen LogP contribution in [-0.2, 0) is 6.42 Å². The van der Waals surface area contributed by atoms with Crippen molar-refractivity contribution in [2.75, 3.05) is 11.9 Å². The van der Waals surface area contributed by atoms with E-state index in [1.807, 2.05) is 16.8 Å². The zero-order chi connectivity index (χ0) is 15.2. The van der Waals surface area contributed by atoms with Gasteiger partial charge in [0.15, 0.2) is 0 Å². The Kier molecular flexibility index (Phi) is 4.94. The van der Waals surface area contributed by atoms with Crippen molar-refractivity contribution in [3.05, 3.63) is 51.7 Å². The molecule has 0 saturated heterocycles. The normalized spacial score (nSPS) is 10.1. The van der Waals surface area contributed by atoms with Crippen LogP contribution in [0.25, 0.3) is 0 Å². The van der Waals surface area contributed by atoms with Crippen LogP contribution in [-0.4, -0.2) is 23.7 Å². The van der Waals surface area contributed by atoms with Crippen LogP contribution >= 0.6 is 11.3 Å². The molecule has 2 amide bonds. The number of amides is 2. The third-order valence-corrected chi connectivity index (χ3v) is 3.74. The molecule has 0 unspecified atom stereocenters. The van der Waals surface area contributed by atoms with Gasteiger partial charge in [-0.2, -0.15) is 11.3 Å². The monoisotopic (exact) mass is 304 g/mol. The largest absolute Gasteiger partial charge is 0.478 e. The first-order valence-corrected chi connectivity index (χ1v) is 7.40. The predicted molar refractivity (Wildman–Crippen MR) is 83.2 cm³/mol. The molecule has 0 aliphatic heterocycles. The molecule has 1 aromatic heterocycles. The smallest absolute Gasteiger partial charge is 0.336 e. The Bertz CT molecular complexity index is 638. The molecule has 0 spiro atoms. The molecule has 0 aliphatic rings. The topological polar surface area (TPSA) is 78.4 Å². The van der Waals surface area contributed by atoms with Gasteiger partial charge in [0.25, 0.3) is 0 Å². The summed E-state index contributed by atoms with van der Waals surface area (Å²) in [4.78, 5) is 22.8. The molecule has 21 heavy (non-hydrogen) atoms. The zero-order valence-corrected chi connectivity index (χ0v) is 12.4. The number of carboxylic acids is 1. The molecule has 6 heteroatoms. The number of benzene rings is 1. The SMILES string of the molecule is Cc1ccc(NC(=O)NCCc2ccsc2)cc1C(=O)O. The van der Waals surface area contributed by atoms with Crippen LogP contribution in [0, 0.1) is 6.92 Å². The van der Waals surface area contributed by atoms with E-state index in [-0.39, 0.29) is 11.6 Å². The lowest BCUT2D eigenvalue weighted by Crippen LogP contribution is -2.30. The van der Waals surface area contributed by atoms with Crippen LogP contribution in [0.5, 0.6) is 0 Å². The van der Waals surface area contributed by atoms with E-state index in [1.54, 1.807) is 30.4 Å². The fourth-order valence-electron chi connectivity index (χ4n) is 1.86. The number of carbonyl (C=O) groups is 2. The van der Waals surface area contributed by atoms with E-state index in [2.05, 4.69) is 10.6 Å². The summed E-state index contributed by atoms with van der Waals surface area (Å²) >= 11 is 1.62. The fourth-order valence-corrected chi connectivity index (χ4v) is 2.56. The van der Waals surface area contributed by atoms with Crippen molar-refractivity contribution in [1.29, 1.82) is 0 Å². The lowest BCUT2D eigenvalue weighted by molar-refractivity contribution is 0.0696. The van der Waals surface area contributed by atoms with E-state index in [9.17, 15) is 9.59 Å². The Morgan fingerprint density at radius 2 is 2.10 bits per heavy atom. The van der Waals surface area contributed by atoms with Crippen LogP contribution in [0.15, 0.2) is 35.0 Å². The van der Waals surface area contributed by atoms with Gasteiger partial charge >= 0.3 is 12.0 Å². The number of thiophene rings is 1. The number of aromatic carboxylic acids is 1. The standard InChI is InChI=1S/C15H16N2O3S/c1-10-2-3-12(8-13(10)14(18)19)17-15(20)16-6-4-11-5-7-21-9-11/h2-3,5,7-9H,4,6H2,1H3,(H,18,19)(H2,16,17,20). The Morgan fingerprint density at radius 1 is 1.29 bits per heavy atom. The predicted octanol–water partition coefficient (Wildman–Crippen LogP) is 3.12. The molecule has 0 aliphatic carbocycles. The third kappa shape index (κ3) is 4.32. The highest BCUT2D eigenvalue weighted by atomic mass is 32.1. The second-order valence-electron chi connectivity index (χ2n) is 4.60. The molecular formula is C15H16N2O3S. The number of rotatable bonds is 5. The molecule has 2 aromatic rings. The highest BCUT2D eigenvalue weighted by molar-refractivity contribution is 7.07. The summed E-state index contributed by atoms with van der Waals surface area (Å²) in [6.45, 7) is 2.24. The van der Waals surface area contributed by atoms with E-state index >= 15 is 0 Å². The van der Waals surface area contributed by atoms with Crippen molar-refractivity contribution < 1.29 is 14.7 Å². The van der Waals surface area contributed by atoms with Gasteiger partial charge in [-0.05, 0) is 53.4 Å². The summed E-state index contributed by atoms with van der Waals surface area (Å²) in [6.07, 6.45) is 0.769. The van der Waals surface area contributed by atoms with Crippen LogP contribution < -0.4 is 10.6 Å². The van der Waals surface area contributed by atoms with Crippen molar-refractivity contribution in [2.45, 2.75) is 13.3 Å². The number of nitrogens with one attached hydrogen (secondary N) is 2. The van der Waals surface area contributed by atoms with Crippen molar-refractivity contribution in [1.82, 2.24) is 5.32 Å². The number of carboxylic acid groups (broad SMARTS) is 1. The number of aryl methyl sites for hydroxylation is 1. The van der Waals surface area contributed by atoms with Gasteiger partial charge in [0.05, 0.1) is 5.56 Å². The highest BCUT2D eigenvalue weighted by Crippen LogP contribution is 2.15. The van der Waals surface area contributed by atoms with E-state index in [1.165, 1.54) is 11.6 Å². The van der Waals surface area contributed by atoms with E-state index in [0.717, 1.165) is 6.42 Å². The van der Waals surface area contributed by atoms with E-state index in [0.29, 0.717) is 17.8 Å². The van der Waals surface area contributed by atoms with Gasteiger partial charge < -0.3 is 15.7 Å². The number of carbonyl (C=O) groups excluding carboxylic acids is 1. The van der Waals surface area contributed by atoms with Gasteiger partial charge in [0.2, 0.25) is 0 Å². The minimum atomic E-state index is -1.01. The molecule has 2 rings (SSSR count). The molecule has 0 radical (unpaired) electrons. The van der Waals surface area contributed by atoms with E-state index in [4.69, 9.17) is 5.11 Å². The van der Waals surface area contributed by atoms with Crippen LogP contribution in [0.4, 0.5) is 10.5 Å². The van der Waals surface area contributed by atoms with Crippen LogP contribution in [0.2, 0.25) is 0 Å². The Morgan fingerprint density at radius 3 is 2.76 bits per heavy atom. The first kappa shape index (κ1) is 15.1. The Hall–Kier alpha value is -2.34. The molecule has 5 nitrogen and oxygen atoms in total. The quantitative estimate of drug-likeness (QED) is 0.794. The third-order valence-electron chi connectivity index (χ3n) is 3.01.